The van der Waals surface area contributed by atoms with Gasteiger partial charge in [0.1, 0.15) is 30.3 Å². The van der Waals surface area contributed by atoms with Gasteiger partial charge >= 0.3 is 12.2 Å². The van der Waals surface area contributed by atoms with Gasteiger partial charge in [-0.05, 0) is 82.9 Å². The predicted molar refractivity (Wildman–Crippen MR) is 237 cm³/mol. The van der Waals surface area contributed by atoms with Crippen molar-refractivity contribution in [3.63, 3.8) is 0 Å². The molecule has 1 aliphatic heterocycles. The number of methoxy groups -OCH3 is 1. The van der Waals surface area contributed by atoms with Crippen LogP contribution < -0.4 is 30.4 Å². The molecule has 4 rings (SSSR count). The summed E-state index contributed by atoms with van der Waals surface area (Å²) in [6.45, 7) is 17.1. The van der Waals surface area contributed by atoms with Gasteiger partial charge in [-0.2, -0.15) is 0 Å². The number of anilines is 2. The van der Waals surface area contributed by atoms with E-state index in [1.807, 2.05) is 0 Å². The molecule has 17 heteroatoms. The fraction of sp³-hybridized carbons (Fsp3) is 0.444. The average molecular weight is 878 g/mol. The van der Waals surface area contributed by atoms with Crippen LogP contribution in [-0.4, -0.2) is 85.2 Å². The standard InChI is InChI=1S/C45H60FN5O10Si/c1-25(2)40(50-44(56)57)42(54)47-29(9)41(53)48-34-17-11-30(12-18-34)24-60-45(58)49-37-21-39(61-62(26(3)4,27(5)6)28(7)8)38(59-10)20-36(37)43(55)51-22-32(19-35(51)23-52)31-13-15-33(46)16-14-31/h11-18,20-22,25-29,35,40,50,52H,19,23-24H2,1-10H3,(H,47,54)(H,48,53)(H,49,58)(H,56,57). The van der Waals surface area contributed by atoms with E-state index >= 15 is 0 Å². The number of nitrogens with one attached hydrogen (secondary N) is 4. The average Bonchev–Trinajstić information content (AvgIpc) is 3.65. The molecule has 3 atom stereocenters. The van der Waals surface area contributed by atoms with Gasteiger partial charge in [-0.25, -0.2) is 14.0 Å². The number of carbonyl (C=O) groups excluding carboxylic acids is 4. The molecule has 336 valence electrons. The zero-order chi connectivity index (χ0) is 46.1. The SMILES string of the molecule is COc1cc(C(=O)N2C=C(c3ccc(F)cc3)CC2CO)c(NC(=O)OCc2ccc(NC(=O)C(C)NC(=O)C(NC(=O)O)C(C)C)cc2)cc1O[Si](C(C)C)(C(C)C)C(C)C. The Morgan fingerprint density at radius 3 is 1.97 bits per heavy atom. The highest BCUT2D eigenvalue weighted by atomic mass is 28.4. The minimum Gasteiger partial charge on any atom is -0.540 e. The van der Waals surface area contributed by atoms with E-state index < -0.39 is 62.2 Å². The van der Waals surface area contributed by atoms with Crippen molar-refractivity contribution >= 4 is 55.2 Å². The second kappa shape index (κ2) is 21.2. The number of aliphatic hydroxyl groups excluding tert-OH is 1. The highest BCUT2D eigenvalue weighted by Gasteiger charge is 2.47. The van der Waals surface area contributed by atoms with Gasteiger partial charge in [-0.3, -0.25) is 19.7 Å². The molecule has 62 heavy (non-hydrogen) atoms. The summed E-state index contributed by atoms with van der Waals surface area (Å²) in [6, 6.07) is 12.7. The van der Waals surface area contributed by atoms with Crippen molar-refractivity contribution in [1.82, 2.24) is 15.5 Å². The second-order valence-corrected chi connectivity index (χ2v) is 22.0. The Hall–Kier alpha value is -5.94. The third kappa shape index (κ3) is 11.7. The number of carbonyl (C=O) groups is 5. The molecule has 5 amide bonds. The van der Waals surface area contributed by atoms with Gasteiger partial charge in [0, 0.05) is 18.0 Å². The molecule has 0 fully saturated rings. The molecule has 0 spiro atoms. The van der Waals surface area contributed by atoms with Crippen LogP contribution in [0.5, 0.6) is 11.5 Å². The van der Waals surface area contributed by atoms with Crippen LogP contribution in [0, 0.1) is 11.7 Å². The van der Waals surface area contributed by atoms with Gasteiger partial charge in [0.05, 0.1) is 31.0 Å². The van der Waals surface area contributed by atoms with Crippen molar-refractivity contribution in [3.05, 3.63) is 89.4 Å². The fourth-order valence-corrected chi connectivity index (χ4v) is 13.2. The van der Waals surface area contributed by atoms with Crippen LogP contribution in [0.3, 0.4) is 0 Å². The molecule has 1 heterocycles. The summed E-state index contributed by atoms with van der Waals surface area (Å²) in [5.74, 6) is -1.83. The summed E-state index contributed by atoms with van der Waals surface area (Å²) in [5, 5.41) is 29.6. The number of ether oxygens (including phenoxy) is 2. The molecular formula is C45H60FN5O10Si. The van der Waals surface area contributed by atoms with Gasteiger partial charge in [-0.1, -0.05) is 79.7 Å². The predicted octanol–water partition coefficient (Wildman–Crippen LogP) is 8.12. The molecule has 0 aliphatic carbocycles. The molecule has 0 bridgehead atoms. The van der Waals surface area contributed by atoms with Crippen molar-refractivity contribution < 1.29 is 52.5 Å². The number of hydrogen-bond acceptors (Lipinski definition) is 9. The first-order valence-corrected chi connectivity index (χ1v) is 22.8. The van der Waals surface area contributed by atoms with Crippen molar-refractivity contribution in [2.24, 2.45) is 5.92 Å². The Bertz CT molecular complexity index is 2090. The lowest BCUT2D eigenvalue weighted by molar-refractivity contribution is -0.128. The highest BCUT2D eigenvalue weighted by molar-refractivity contribution is 6.78. The lowest BCUT2D eigenvalue weighted by Gasteiger charge is -2.42. The Labute approximate surface area is 363 Å². The normalized spacial score (nSPS) is 14.9. The molecule has 0 saturated heterocycles. The number of nitrogens with zero attached hydrogens (tertiary/aromatic N) is 1. The van der Waals surface area contributed by atoms with E-state index in [0.717, 1.165) is 5.57 Å². The van der Waals surface area contributed by atoms with E-state index in [4.69, 9.17) is 19.0 Å². The van der Waals surface area contributed by atoms with E-state index in [1.54, 1.807) is 62.5 Å². The van der Waals surface area contributed by atoms with Gasteiger partial charge in [-0.15, -0.1) is 0 Å². The van der Waals surface area contributed by atoms with Crippen LogP contribution in [0.25, 0.3) is 5.57 Å². The van der Waals surface area contributed by atoms with Gasteiger partial charge in [0.15, 0.2) is 5.75 Å². The largest absolute Gasteiger partial charge is 0.540 e. The minimum atomic E-state index is -2.57. The number of rotatable bonds is 18. The van der Waals surface area contributed by atoms with Crippen LogP contribution in [0.15, 0.2) is 66.9 Å². The second-order valence-electron chi connectivity index (χ2n) is 16.7. The van der Waals surface area contributed by atoms with Gasteiger partial charge in [0.2, 0.25) is 11.8 Å². The van der Waals surface area contributed by atoms with Crippen molar-refractivity contribution in [2.45, 2.75) is 110 Å². The zero-order valence-electron chi connectivity index (χ0n) is 37.0. The van der Waals surface area contributed by atoms with Gasteiger partial charge in [0.25, 0.3) is 14.2 Å². The molecule has 3 aromatic carbocycles. The molecule has 0 radical (unpaired) electrons. The van der Waals surface area contributed by atoms with Crippen LogP contribution in [0.1, 0.15) is 90.2 Å². The molecule has 0 saturated carbocycles. The van der Waals surface area contributed by atoms with E-state index in [2.05, 4.69) is 62.8 Å². The molecule has 1 aliphatic rings. The topological polar surface area (TPSA) is 205 Å². The third-order valence-electron chi connectivity index (χ3n) is 11.1. The molecule has 0 aromatic heterocycles. The van der Waals surface area contributed by atoms with E-state index in [1.165, 1.54) is 37.1 Å². The smallest absolute Gasteiger partial charge is 0.411 e. The molecule has 15 nitrogen and oxygen atoms in total. The maximum Gasteiger partial charge on any atom is 0.411 e. The third-order valence-corrected chi connectivity index (χ3v) is 17.1. The van der Waals surface area contributed by atoms with Crippen LogP contribution in [-0.2, 0) is 20.9 Å². The van der Waals surface area contributed by atoms with Crippen LogP contribution >= 0.6 is 0 Å². The Morgan fingerprint density at radius 2 is 1.44 bits per heavy atom. The number of amides is 5. The maximum atomic E-state index is 14.5. The minimum absolute atomic E-state index is 0.0514. The first-order chi connectivity index (χ1) is 29.2. The number of halogens is 1. The lowest BCUT2D eigenvalue weighted by Crippen LogP contribution is -2.53. The number of hydrogen-bond donors (Lipinski definition) is 6. The van der Waals surface area contributed by atoms with Crippen molar-refractivity contribution in [2.75, 3.05) is 24.4 Å². The Balaban J connectivity index is 1.57. The maximum absolute atomic E-state index is 14.5. The summed E-state index contributed by atoms with van der Waals surface area (Å²) >= 11 is 0. The van der Waals surface area contributed by atoms with Gasteiger partial charge < -0.3 is 45.0 Å². The fourth-order valence-electron chi connectivity index (χ4n) is 7.94. The first kappa shape index (κ1) is 48.7. The summed E-state index contributed by atoms with van der Waals surface area (Å²) in [4.78, 5) is 66.0. The van der Waals surface area contributed by atoms with E-state index in [0.29, 0.717) is 29.0 Å². The van der Waals surface area contributed by atoms with E-state index in [-0.39, 0.29) is 52.8 Å². The summed E-state index contributed by atoms with van der Waals surface area (Å²) in [7, 11) is -1.10. The van der Waals surface area contributed by atoms with E-state index in [9.17, 15) is 33.5 Å². The highest BCUT2D eigenvalue weighted by Crippen LogP contribution is 2.46. The zero-order valence-corrected chi connectivity index (χ0v) is 38.0. The summed E-state index contributed by atoms with van der Waals surface area (Å²) in [6.07, 6.45) is -0.303. The number of aliphatic hydroxyl groups is 1. The summed E-state index contributed by atoms with van der Waals surface area (Å²) in [5.41, 5.74) is 3.09. The monoisotopic (exact) mass is 877 g/mol. The quantitative estimate of drug-likeness (QED) is 0.0677. The van der Waals surface area contributed by atoms with Crippen LogP contribution in [0.2, 0.25) is 16.6 Å². The number of carboxylic acid groups (broad SMARTS) is 1. The number of benzene rings is 3. The van der Waals surface area contributed by atoms with Crippen LogP contribution in [0.4, 0.5) is 25.4 Å². The summed E-state index contributed by atoms with van der Waals surface area (Å²) < 4.78 is 32.1. The molecular weight excluding hydrogens is 818 g/mol. The van der Waals surface area contributed by atoms with Crippen molar-refractivity contribution in [3.8, 4) is 11.5 Å². The molecule has 3 unspecified atom stereocenters. The Morgan fingerprint density at radius 1 is 0.823 bits per heavy atom. The molecule has 6 N–H and O–H groups in total. The molecule has 3 aromatic rings. The van der Waals surface area contributed by atoms with Crippen molar-refractivity contribution in [1.29, 1.82) is 0 Å². The Kier molecular flexibility index (Phi) is 16.7. The first-order valence-electron chi connectivity index (χ1n) is 20.7. The lowest BCUT2D eigenvalue weighted by atomic mass is 10.0.